The number of hydrogen-bond donors (Lipinski definition) is 0. The van der Waals surface area contributed by atoms with Gasteiger partial charge in [0.2, 0.25) is 0 Å². The van der Waals surface area contributed by atoms with E-state index in [2.05, 4.69) is 4.74 Å². The zero-order valence-electron chi connectivity index (χ0n) is 15.5. The van der Waals surface area contributed by atoms with Crippen LogP contribution in [0.4, 0.5) is 8.78 Å². The van der Waals surface area contributed by atoms with Gasteiger partial charge in [-0.2, -0.15) is 8.78 Å². The number of methoxy groups -OCH3 is 1. The van der Waals surface area contributed by atoms with E-state index in [4.69, 9.17) is 20.8 Å². The molecule has 1 saturated carbocycles. The Morgan fingerprint density at radius 2 is 2.00 bits per heavy atom. The van der Waals surface area contributed by atoms with Crippen LogP contribution in [0, 0.1) is 0 Å². The minimum atomic E-state index is -2.94. The fraction of sp³-hybridized carbons (Fsp3) is 0.286. The average Bonchev–Trinajstić information content (AvgIpc) is 3.44. The van der Waals surface area contributed by atoms with Crippen molar-refractivity contribution < 1.29 is 27.5 Å². The van der Waals surface area contributed by atoms with Gasteiger partial charge in [0.25, 0.3) is 5.91 Å². The maximum atomic E-state index is 13.1. The van der Waals surface area contributed by atoms with Crippen molar-refractivity contribution in [1.29, 1.82) is 0 Å². The number of fused-ring (bicyclic) bond motifs is 1. The van der Waals surface area contributed by atoms with Crippen LogP contribution in [0.25, 0.3) is 11.0 Å². The van der Waals surface area contributed by atoms with Crippen molar-refractivity contribution in [3.05, 3.63) is 58.8 Å². The van der Waals surface area contributed by atoms with Crippen LogP contribution in [0.5, 0.6) is 11.5 Å². The third-order valence-electron chi connectivity index (χ3n) is 4.73. The predicted octanol–water partition coefficient (Wildman–Crippen LogP) is 5.50. The Balaban J connectivity index is 1.58. The first-order chi connectivity index (χ1) is 13.9. The maximum absolute atomic E-state index is 13.1. The van der Waals surface area contributed by atoms with Crippen LogP contribution in [0.15, 0.2) is 46.9 Å². The third-order valence-corrected chi connectivity index (χ3v) is 4.97. The Kier molecular flexibility index (Phi) is 5.32. The number of benzene rings is 2. The normalized spacial score (nSPS) is 13.7. The highest BCUT2D eigenvalue weighted by Gasteiger charge is 2.34. The first kappa shape index (κ1) is 19.5. The molecule has 0 unspecified atom stereocenters. The number of halogens is 3. The third kappa shape index (κ3) is 4.29. The van der Waals surface area contributed by atoms with Gasteiger partial charge in [-0.05, 0) is 54.8 Å². The summed E-state index contributed by atoms with van der Waals surface area (Å²) in [5.41, 5.74) is 1.33. The summed E-state index contributed by atoms with van der Waals surface area (Å²) in [6.45, 7) is -2.65. The van der Waals surface area contributed by atoms with E-state index in [0.717, 1.165) is 23.8 Å². The van der Waals surface area contributed by atoms with Gasteiger partial charge in [-0.25, -0.2) is 0 Å². The van der Waals surface area contributed by atoms with Crippen molar-refractivity contribution in [3.8, 4) is 11.5 Å². The second-order valence-electron chi connectivity index (χ2n) is 6.82. The molecular formula is C21H18ClF2NO4. The number of amides is 1. The highest BCUT2D eigenvalue weighted by molar-refractivity contribution is 6.31. The molecule has 1 aliphatic carbocycles. The number of furan rings is 1. The Hall–Kier alpha value is -2.80. The lowest BCUT2D eigenvalue weighted by Crippen LogP contribution is -2.32. The molecule has 0 aliphatic heterocycles. The molecule has 29 heavy (non-hydrogen) atoms. The average molecular weight is 422 g/mol. The van der Waals surface area contributed by atoms with E-state index in [1.807, 2.05) is 0 Å². The molecule has 1 amide bonds. The van der Waals surface area contributed by atoms with Crippen LogP contribution in [-0.4, -0.2) is 30.6 Å². The lowest BCUT2D eigenvalue weighted by atomic mass is 10.1. The molecule has 0 saturated heterocycles. The Bertz CT molecular complexity index is 1050. The molecule has 0 spiro atoms. The standard InChI is InChI=1S/C21H18ClF2NO4/c1-27-18-8-12(2-6-17(18)29-21(23)24)11-25(15-4-5-15)20(26)19-10-13-9-14(22)3-7-16(13)28-19/h2-3,6-10,15,21H,4-5,11H2,1H3. The number of nitrogens with zero attached hydrogens (tertiary/aromatic N) is 1. The SMILES string of the molecule is COc1cc(CN(C(=O)c2cc3cc(Cl)ccc3o2)C2CC2)ccc1OC(F)F. The molecule has 4 rings (SSSR count). The number of rotatable bonds is 7. The molecule has 1 heterocycles. The summed E-state index contributed by atoms with van der Waals surface area (Å²) in [5, 5.41) is 1.32. The summed E-state index contributed by atoms with van der Waals surface area (Å²) in [7, 11) is 1.38. The molecule has 1 fully saturated rings. The van der Waals surface area contributed by atoms with E-state index in [9.17, 15) is 13.6 Å². The highest BCUT2D eigenvalue weighted by atomic mass is 35.5. The van der Waals surface area contributed by atoms with Crippen LogP contribution in [0.2, 0.25) is 5.02 Å². The van der Waals surface area contributed by atoms with Crippen molar-refractivity contribution in [1.82, 2.24) is 4.90 Å². The van der Waals surface area contributed by atoms with Gasteiger partial charge >= 0.3 is 6.61 Å². The number of alkyl halides is 2. The molecule has 152 valence electrons. The number of ether oxygens (including phenoxy) is 2. The summed E-state index contributed by atoms with van der Waals surface area (Å²) in [6, 6.07) is 11.6. The lowest BCUT2D eigenvalue weighted by Gasteiger charge is -2.22. The summed E-state index contributed by atoms with van der Waals surface area (Å²) in [6.07, 6.45) is 1.81. The Morgan fingerprint density at radius 1 is 1.21 bits per heavy atom. The molecule has 0 atom stereocenters. The quantitative estimate of drug-likeness (QED) is 0.505. The van der Waals surface area contributed by atoms with Crippen LogP contribution in [0.3, 0.4) is 0 Å². The van der Waals surface area contributed by atoms with Gasteiger partial charge in [0.1, 0.15) is 5.58 Å². The van der Waals surface area contributed by atoms with Gasteiger partial charge in [-0.15, -0.1) is 0 Å². The first-order valence-corrected chi connectivity index (χ1v) is 9.44. The van der Waals surface area contributed by atoms with Crippen LogP contribution >= 0.6 is 11.6 Å². The first-order valence-electron chi connectivity index (χ1n) is 9.06. The predicted molar refractivity (Wildman–Crippen MR) is 104 cm³/mol. The fourth-order valence-corrected chi connectivity index (χ4v) is 3.40. The molecule has 1 aliphatic rings. The van der Waals surface area contributed by atoms with E-state index in [0.29, 0.717) is 17.2 Å². The molecule has 2 aromatic carbocycles. The van der Waals surface area contributed by atoms with Gasteiger partial charge in [0.05, 0.1) is 7.11 Å². The number of carbonyl (C=O) groups is 1. The van der Waals surface area contributed by atoms with Crippen LogP contribution in [-0.2, 0) is 6.54 Å². The summed E-state index contributed by atoms with van der Waals surface area (Å²) in [5.74, 6) is 0.138. The molecule has 3 aromatic rings. The van der Waals surface area contributed by atoms with Crippen LogP contribution < -0.4 is 9.47 Å². The van der Waals surface area contributed by atoms with Gasteiger partial charge in [0.15, 0.2) is 17.3 Å². The zero-order valence-corrected chi connectivity index (χ0v) is 16.3. The van der Waals surface area contributed by atoms with Crippen molar-refractivity contribution in [2.75, 3.05) is 7.11 Å². The van der Waals surface area contributed by atoms with Gasteiger partial charge in [-0.3, -0.25) is 4.79 Å². The molecule has 0 bridgehead atoms. The summed E-state index contributed by atoms with van der Waals surface area (Å²) >= 11 is 6.00. The van der Waals surface area contributed by atoms with E-state index in [1.54, 1.807) is 41.3 Å². The van der Waals surface area contributed by atoms with Crippen LogP contribution in [0.1, 0.15) is 29.0 Å². The zero-order chi connectivity index (χ0) is 20.5. The minimum Gasteiger partial charge on any atom is -0.493 e. The second kappa shape index (κ2) is 7.91. The van der Waals surface area contributed by atoms with Gasteiger partial charge in [-0.1, -0.05) is 17.7 Å². The monoisotopic (exact) mass is 421 g/mol. The second-order valence-corrected chi connectivity index (χ2v) is 7.26. The topological polar surface area (TPSA) is 51.9 Å². The van der Waals surface area contributed by atoms with Gasteiger partial charge < -0.3 is 18.8 Å². The smallest absolute Gasteiger partial charge is 0.387 e. The Labute approximate surface area is 170 Å². The number of hydrogen-bond acceptors (Lipinski definition) is 4. The van der Waals surface area contributed by atoms with Crippen molar-refractivity contribution in [3.63, 3.8) is 0 Å². The molecule has 1 aromatic heterocycles. The van der Waals surface area contributed by atoms with Crippen molar-refractivity contribution in [2.45, 2.75) is 32.0 Å². The summed E-state index contributed by atoms with van der Waals surface area (Å²) in [4.78, 5) is 14.8. The maximum Gasteiger partial charge on any atom is 0.387 e. The minimum absolute atomic E-state index is 0.0512. The lowest BCUT2D eigenvalue weighted by molar-refractivity contribution is -0.0512. The molecule has 0 N–H and O–H groups in total. The molecule has 5 nitrogen and oxygen atoms in total. The summed E-state index contributed by atoms with van der Waals surface area (Å²) < 4.78 is 40.3. The molecule has 0 radical (unpaired) electrons. The van der Waals surface area contributed by atoms with E-state index in [1.165, 1.54) is 13.2 Å². The van der Waals surface area contributed by atoms with E-state index < -0.39 is 6.61 Å². The Morgan fingerprint density at radius 3 is 2.69 bits per heavy atom. The number of carbonyl (C=O) groups excluding carboxylic acids is 1. The van der Waals surface area contributed by atoms with Gasteiger partial charge in [0, 0.05) is 23.0 Å². The molecule has 8 heteroatoms. The highest BCUT2D eigenvalue weighted by Crippen LogP contribution is 2.34. The van der Waals surface area contributed by atoms with Crippen molar-refractivity contribution >= 4 is 28.5 Å². The van der Waals surface area contributed by atoms with Crippen molar-refractivity contribution in [2.24, 2.45) is 0 Å². The van der Waals surface area contributed by atoms with E-state index >= 15 is 0 Å². The van der Waals surface area contributed by atoms with E-state index in [-0.39, 0.29) is 29.2 Å². The molecular weight excluding hydrogens is 404 g/mol. The largest absolute Gasteiger partial charge is 0.493 e. The fourth-order valence-electron chi connectivity index (χ4n) is 3.21.